The molecule has 0 radical (unpaired) electrons. The van der Waals surface area contributed by atoms with E-state index in [1.165, 1.54) is 38.8 Å². The number of piperidine rings is 1. The molecule has 0 saturated carbocycles. The van der Waals surface area contributed by atoms with Gasteiger partial charge in [0, 0.05) is 18.6 Å². The van der Waals surface area contributed by atoms with Crippen LogP contribution in [0.3, 0.4) is 0 Å². The molecule has 2 aliphatic rings. The molecule has 1 aromatic rings. The Hall–Kier alpha value is -0.940. The number of hydrogen-bond donors (Lipinski definition) is 1. The summed E-state index contributed by atoms with van der Waals surface area (Å²) < 4.78 is 2.04. The van der Waals surface area contributed by atoms with Crippen LogP contribution < -0.4 is 5.32 Å². The first-order chi connectivity index (χ1) is 9.72. The Kier molecular flexibility index (Phi) is 4.36. The second-order valence-corrected chi connectivity index (χ2v) is 6.69. The van der Waals surface area contributed by atoms with Crippen LogP contribution in [-0.4, -0.2) is 44.8 Å². The van der Waals surface area contributed by atoms with Gasteiger partial charge in [-0.15, -0.1) is 0 Å². The van der Waals surface area contributed by atoms with E-state index in [2.05, 4.69) is 34.1 Å². The summed E-state index contributed by atoms with van der Waals surface area (Å²) >= 11 is 0. The average molecular weight is 277 g/mol. The molecule has 3 rings (SSSR count). The summed E-state index contributed by atoms with van der Waals surface area (Å²) in [7, 11) is 0. The van der Waals surface area contributed by atoms with Gasteiger partial charge in [-0.3, -0.25) is 0 Å². The first-order valence-electron chi connectivity index (χ1n) is 8.06. The molecule has 0 bridgehead atoms. The minimum absolute atomic E-state index is 0.608. The lowest BCUT2D eigenvalue weighted by atomic mass is 9.97. The van der Waals surface area contributed by atoms with Gasteiger partial charge in [-0.1, -0.05) is 13.8 Å². The molecule has 2 atom stereocenters. The lowest BCUT2D eigenvalue weighted by molar-refractivity contribution is 0.166. The van der Waals surface area contributed by atoms with E-state index >= 15 is 0 Å². The summed E-state index contributed by atoms with van der Waals surface area (Å²) in [6.45, 7) is 8.83. The summed E-state index contributed by atoms with van der Waals surface area (Å²) in [5.41, 5.74) is 0. The molecule has 20 heavy (non-hydrogen) atoms. The highest BCUT2D eigenvalue weighted by atomic mass is 15.3. The van der Waals surface area contributed by atoms with Gasteiger partial charge >= 0.3 is 0 Å². The first-order valence-corrected chi connectivity index (χ1v) is 8.06. The van der Waals surface area contributed by atoms with Crippen LogP contribution in [0.2, 0.25) is 0 Å². The third kappa shape index (κ3) is 3.20. The minimum Gasteiger partial charge on any atom is -0.307 e. The molecule has 2 unspecified atom stereocenters. The molecule has 2 aliphatic heterocycles. The van der Waals surface area contributed by atoms with Gasteiger partial charge in [0.1, 0.15) is 12.2 Å². The zero-order valence-corrected chi connectivity index (χ0v) is 12.8. The van der Waals surface area contributed by atoms with Crippen LogP contribution in [0.1, 0.15) is 45.4 Å². The lowest BCUT2D eigenvalue weighted by Gasteiger charge is -2.35. The highest BCUT2D eigenvalue weighted by Crippen LogP contribution is 2.26. The maximum absolute atomic E-state index is 4.40. The predicted molar refractivity (Wildman–Crippen MR) is 79.3 cm³/mol. The quantitative estimate of drug-likeness (QED) is 0.889. The molecule has 112 valence electrons. The molecular formula is C15H27N5. The number of hydrogen-bond acceptors (Lipinski definition) is 4. The molecule has 2 saturated heterocycles. The summed E-state index contributed by atoms with van der Waals surface area (Å²) in [6, 6.07) is 1.48. The van der Waals surface area contributed by atoms with Crippen molar-refractivity contribution in [3.05, 3.63) is 12.2 Å². The van der Waals surface area contributed by atoms with Crippen molar-refractivity contribution in [3.8, 4) is 0 Å². The van der Waals surface area contributed by atoms with E-state index in [4.69, 9.17) is 0 Å². The van der Waals surface area contributed by atoms with Crippen molar-refractivity contribution in [1.29, 1.82) is 0 Å². The van der Waals surface area contributed by atoms with E-state index in [1.807, 2.05) is 4.68 Å². The Morgan fingerprint density at radius 2 is 2.25 bits per heavy atom. The molecule has 0 amide bonds. The first kappa shape index (κ1) is 14.0. The second-order valence-electron chi connectivity index (χ2n) is 6.69. The number of fused-ring (bicyclic) bond motifs is 1. The fourth-order valence-corrected chi connectivity index (χ4v) is 3.57. The van der Waals surface area contributed by atoms with Gasteiger partial charge in [-0.2, -0.15) is 5.10 Å². The van der Waals surface area contributed by atoms with Crippen LogP contribution in [0.4, 0.5) is 0 Å². The Labute approximate surface area is 121 Å². The van der Waals surface area contributed by atoms with Crippen LogP contribution in [0.15, 0.2) is 6.33 Å². The second kappa shape index (κ2) is 6.22. The molecular weight excluding hydrogens is 250 g/mol. The molecule has 0 aliphatic carbocycles. The standard InChI is InChI=1S/C15H27N5/c1-12(2)10-20-15(17-11-18-20)9-16-13-5-7-19-6-3-4-14(19)8-13/h11-14,16H,3-10H2,1-2H3. The van der Waals surface area contributed by atoms with Gasteiger partial charge in [-0.25, -0.2) is 9.67 Å². The van der Waals surface area contributed by atoms with Gasteiger partial charge in [0.15, 0.2) is 0 Å². The van der Waals surface area contributed by atoms with Gasteiger partial charge in [0.05, 0.1) is 6.54 Å². The average Bonchev–Trinajstić information content (AvgIpc) is 3.03. The van der Waals surface area contributed by atoms with Crippen molar-refractivity contribution in [2.75, 3.05) is 13.1 Å². The number of aromatic nitrogens is 3. The van der Waals surface area contributed by atoms with Gasteiger partial charge in [0.2, 0.25) is 0 Å². The molecule has 0 aromatic carbocycles. The predicted octanol–water partition coefficient (Wildman–Crippen LogP) is 1.65. The van der Waals surface area contributed by atoms with E-state index in [9.17, 15) is 0 Å². The largest absolute Gasteiger partial charge is 0.307 e. The fourth-order valence-electron chi connectivity index (χ4n) is 3.57. The third-order valence-electron chi connectivity index (χ3n) is 4.60. The highest BCUT2D eigenvalue weighted by molar-refractivity contribution is 4.91. The maximum Gasteiger partial charge on any atom is 0.140 e. The van der Waals surface area contributed by atoms with E-state index in [-0.39, 0.29) is 0 Å². The maximum atomic E-state index is 4.40. The Morgan fingerprint density at radius 1 is 1.35 bits per heavy atom. The number of nitrogens with one attached hydrogen (secondary N) is 1. The van der Waals surface area contributed by atoms with Gasteiger partial charge in [0.25, 0.3) is 0 Å². The zero-order valence-electron chi connectivity index (χ0n) is 12.8. The molecule has 5 heteroatoms. The number of rotatable bonds is 5. The highest BCUT2D eigenvalue weighted by Gasteiger charge is 2.31. The smallest absolute Gasteiger partial charge is 0.140 e. The van der Waals surface area contributed by atoms with Crippen molar-refractivity contribution in [1.82, 2.24) is 25.0 Å². The van der Waals surface area contributed by atoms with Gasteiger partial charge in [-0.05, 0) is 44.7 Å². The number of nitrogens with zero attached hydrogens (tertiary/aromatic N) is 4. The molecule has 3 heterocycles. The molecule has 0 spiro atoms. The Morgan fingerprint density at radius 3 is 3.10 bits per heavy atom. The monoisotopic (exact) mass is 277 g/mol. The molecule has 1 N–H and O–H groups in total. The summed E-state index contributed by atoms with van der Waals surface area (Å²) in [6.07, 6.45) is 7.04. The minimum atomic E-state index is 0.608. The summed E-state index contributed by atoms with van der Waals surface area (Å²) in [4.78, 5) is 7.07. The molecule has 2 fully saturated rings. The lowest BCUT2D eigenvalue weighted by Crippen LogP contribution is -2.45. The molecule has 1 aromatic heterocycles. The van der Waals surface area contributed by atoms with Crippen LogP contribution in [0, 0.1) is 5.92 Å². The van der Waals surface area contributed by atoms with Crippen LogP contribution >= 0.6 is 0 Å². The van der Waals surface area contributed by atoms with E-state index in [0.29, 0.717) is 12.0 Å². The van der Waals surface area contributed by atoms with Crippen molar-refractivity contribution in [2.45, 2.75) is 64.7 Å². The van der Waals surface area contributed by atoms with Gasteiger partial charge < -0.3 is 10.2 Å². The fraction of sp³-hybridized carbons (Fsp3) is 0.867. The topological polar surface area (TPSA) is 46.0 Å². The normalized spacial score (nSPS) is 27.1. The molecule has 5 nitrogen and oxygen atoms in total. The zero-order chi connectivity index (χ0) is 13.9. The summed E-state index contributed by atoms with van der Waals surface area (Å²) in [5, 5.41) is 8.03. The van der Waals surface area contributed by atoms with E-state index in [0.717, 1.165) is 25.0 Å². The van der Waals surface area contributed by atoms with Crippen LogP contribution in [0.25, 0.3) is 0 Å². The Balaban J connectivity index is 1.51. The van der Waals surface area contributed by atoms with E-state index < -0.39 is 0 Å². The van der Waals surface area contributed by atoms with E-state index in [1.54, 1.807) is 6.33 Å². The van der Waals surface area contributed by atoms with Crippen molar-refractivity contribution in [2.24, 2.45) is 5.92 Å². The summed E-state index contributed by atoms with van der Waals surface area (Å²) in [5.74, 6) is 1.68. The van der Waals surface area contributed by atoms with Crippen LogP contribution in [0.5, 0.6) is 0 Å². The van der Waals surface area contributed by atoms with Crippen LogP contribution in [-0.2, 0) is 13.1 Å². The SMILES string of the molecule is CC(C)Cn1ncnc1CNC1CCN2CCCC2C1. The third-order valence-corrected chi connectivity index (χ3v) is 4.60. The van der Waals surface area contributed by atoms with Crippen molar-refractivity contribution >= 4 is 0 Å². The van der Waals surface area contributed by atoms with Crippen molar-refractivity contribution < 1.29 is 0 Å². The Bertz CT molecular complexity index is 428. The van der Waals surface area contributed by atoms with Crippen molar-refractivity contribution in [3.63, 3.8) is 0 Å².